The minimum Gasteiger partial charge on any atom is -0.217 e. The monoisotopic (exact) mass is 362 g/mol. The molecule has 0 aliphatic heterocycles. The summed E-state index contributed by atoms with van der Waals surface area (Å²) in [7, 11) is -14.2. The number of rotatable bonds is 5. The third-order valence-corrected chi connectivity index (χ3v) is 10.7. The molecule has 0 saturated carbocycles. The molecule has 0 amide bonds. The van der Waals surface area contributed by atoms with Crippen molar-refractivity contribution in [3.05, 3.63) is 0 Å². The van der Waals surface area contributed by atoms with E-state index >= 15 is 0 Å². The van der Waals surface area contributed by atoms with Crippen molar-refractivity contribution >= 4 is 29.9 Å². The van der Waals surface area contributed by atoms with E-state index in [2.05, 4.69) is 0 Å². The highest BCUT2D eigenvalue weighted by Gasteiger charge is 2.62. The van der Waals surface area contributed by atoms with Crippen LogP contribution in [0.5, 0.6) is 0 Å². The fourth-order valence-corrected chi connectivity index (χ4v) is 8.34. The third-order valence-electron chi connectivity index (χ3n) is 2.08. The minimum absolute atomic E-state index is 0.0992. The standard InChI is InChI=1S/C6H13F3N2O6S3/c1-10(2)19(14,15)5(20(16,17)11(3)4)18(12,13)6(7,8)9/h5H,1-4H3. The van der Waals surface area contributed by atoms with E-state index in [-0.39, 0.29) is 8.61 Å². The van der Waals surface area contributed by atoms with Crippen LogP contribution >= 0.6 is 0 Å². The Hall–Kier alpha value is -0.440. The van der Waals surface area contributed by atoms with Crippen molar-refractivity contribution in [1.82, 2.24) is 8.61 Å². The Morgan fingerprint density at radius 1 is 0.750 bits per heavy atom. The average molecular weight is 362 g/mol. The highest BCUT2D eigenvalue weighted by atomic mass is 32.3. The van der Waals surface area contributed by atoms with Gasteiger partial charge in [0.25, 0.3) is 13.8 Å². The molecule has 0 spiro atoms. The molecule has 0 saturated heterocycles. The molecule has 0 fully saturated rings. The highest BCUT2D eigenvalue weighted by Crippen LogP contribution is 2.33. The van der Waals surface area contributed by atoms with Crippen LogP contribution in [0.3, 0.4) is 0 Å². The van der Waals surface area contributed by atoms with Crippen LogP contribution in [0.2, 0.25) is 0 Å². The van der Waals surface area contributed by atoms with Gasteiger partial charge in [-0.1, -0.05) is 0 Å². The lowest BCUT2D eigenvalue weighted by molar-refractivity contribution is -0.0434. The number of alkyl halides is 3. The second-order valence-electron chi connectivity index (χ2n) is 3.93. The van der Waals surface area contributed by atoms with Crippen LogP contribution < -0.4 is 0 Å². The van der Waals surface area contributed by atoms with E-state index in [0.717, 1.165) is 28.2 Å². The molecule has 0 atom stereocenters. The predicted octanol–water partition coefficient (Wildman–Crippen LogP) is -1.01. The second-order valence-corrected chi connectivity index (χ2v) is 11.3. The maximum absolute atomic E-state index is 12.5. The first-order valence-corrected chi connectivity index (χ1v) is 9.18. The van der Waals surface area contributed by atoms with E-state index in [1.807, 2.05) is 0 Å². The molecule has 122 valence electrons. The van der Waals surface area contributed by atoms with Gasteiger partial charge in [-0.3, -0.25) is 0 Å². The molecule has 0 bridgehead atoms. The first kappa shape index (κ1) is 19.6. The Morgan fingerprint density at radius 2 is 1.00 bits per heavy atom. The normalized spacial score (nSPS) is 15.3. The van der Waals surface area contributed by atoms with Crippen molar-refractivity contribution in [1.29, 1.82) is 0 Å². The summed E-state index contributed by atoms with van der Waals surface area (Å²) in [6.45, 7) is 0. The van der Waals surface area contributed by atoms with Gasteiger partial charge in [-0.25, -0.2) is 33.9 Å². The highest BCUT2D eigenvalue weighted by molar-refractivity contribution is 8.23. The fraction of sp³-hybridized carbons (Fsp3) is 1.00. The Labute approximate surface area is 115 Å². The zero-order valence-electron chi connectivity index (χ0n) is 10.8. The van der Waals surface area contributed by atoms with E-state index in [1.165, 1.54) is 0 Å². The lowest BCUT2D eigenvalue weighted by atomic mass is 11.3. The Bertz CT molecular complexity index is 623. The van der Waals surface area contributed by atoms with Gasteiger partial charge in [0.1, 0.15) is 0 Å². The molecule has 0 aromatic carbocycles. The summed E-state index contributed by atoms with van der Waals surface area (Å²) in [6.07, 6.45) is 0. The van der Waals surface area contributed by atoms with Gasteiger partial charge in [-0.15, -0.1) is 0 Å². The zero-order chi connectivity index (χ0) is 16.7. The molecule has 0 aromatic rings. The van der Waals surface area contributed by atoms with Gasteiger partial charge < -0.3 is 0 Å². The van der Waals surface area contributed by atoms with Crippen molar-refractivity contribution in [2.24, 2.45) is 0 Å². The minimum atomic E-state index is -6.50. The Morgan fingerprint density at radius 3 is 1.15 bits per heavy atom. The molecular formula is C6H13F3N2O6S3. The number of hydrogen-bond donors (Lipinski definition) is 0. The van der Waals surface area contributed by atoms with Crippen molar-refractivity contribution in [2.45, 2.75) is 9.42 Å². The maximum atomic E-state index is 12.5. The van der Waals surface area contributed by atoms with Crippen LogP contribution in [-0.2, 0) is 29.9 Å². The summed E-state index contributed by atoms with van der Waals surface area (Å²) in [6, 6.07) is 0. The second kappa shape index (κ2) is 5.40. The topological polar surface area (TPSA) is 109 Å². The van der Waals surface area contributed by atoms with Crippen molar-refractivity contribution in [2.75, 3.05) is 28.2 Å². The smallest absolute Gasteiger partial charge is 0.217 e. The van der Waals surface area contributed by atoms with Gasteiger partial charge in [0, 0.05) is 28.2 Å². The third kappa shape index (κ3) is 3.24. The molecule has 0 radical (unpaired) electrons. The van der Waals surface area contributed by atoms with E-state index in [0.29, 0.717) is 0 Å². The molecule has 0 aromatic heterocycles. The largest absolute Gasteiger partial charge is 0.499 e. The number of hydrogen-bond acceptors (Lipinski definition) is 6. The van der Waals surface area contributed by atoms with Crippen LogP contribution in [0.4, 0.5) is 13.2 Å². The van der Waals surface area contributed by atoms with Crippen LogP contribution in [0.1, 0.15) is 0 Å². The fourth-order valence-electron chi connectivity index (χ4n) is 0.927. The molecule has 0 heterocycles. The van der Waals surface area contributed by atoms with Gasteiger partial charge >= 0.3 is 5.51 Å². The van der Waals surface area contributed by atoms with Crippen molar-refractivity contribution < 1.29 is 38.4 Å². The van der Waals surface area contributed by atoms with Crippen molar-refractivity contribution in [3.63, 3.8) is 0 Å². The molecular weight excluding hydrogens is 349 g/mol. The number of halogens is 3. The summed E-state index contributed by atoms with van der Waals surface area (Å²) in [4.78, 5) is 0. The molecule has 8 nitrogen and oxygen atoms in total. The van der Waals surface area contributed by atoms with Gasteiger partial charge in [0.15, 0.2) is 0 Å². The summed E-state index contributed by atoms with van der Waals surface area (Å²) in [5, 5.41) is 0. The van der Waals surface area contributed by atoms with Crippen LogP contribution in [0, 0.1) is 0 Å². The first-order valence-electron chi connectivity index (χ1n) is 4.63. The number of sulfone groups is 1. The number of sulfonamides is 2. The maximum Gasteiger partial charge on any atom is 0.499 e. The first-order chi connectivity index (χ1) is 8.50. The van der Waals surface area contributed by atoms with Crippen molar-refractivity contribution in [3.8, 4) is 0 Å². The lowest BCUT2D eigenvalue weighted by Crippen LogP contribution is -2.52. The average Bonchev–Trinajstić information content (AvgIpc) is 2.13. The zero-order valence-corrected chi connectivity index (χ0v) is 13.2. The molecule has 0 unspecified atom stereocenters. The summed E-state index contributed by atoms with van der Waals surface area (Å²) < 4.78 is 104. The number of nitrogens with zero attached hydrogens (tertiary/aromatic N) is 2. The molecule has 0 aliphatic carbocycles. The van der Waals surface area contributed by atoms with Gasteiger partial charge in [-0.2, -0.15) is 13.2 Å². The van der Waals surface area contributed by atoms with E-state index < -0.39 is 39.3 Å². The predicted molar refractivity (Wildman–Crippen MR) is 64.0 cm³/mol. The summed E-state index contributed by atoms with van der Waals surface area (Å²) in [5.41, 5.74) is -6.04. The van der Waals surface area contributed by atoms with Crippen LogP contribution in [0.25, 0.3) is 0 Å². The lowest BCUT2D eigenvalue weighted by Gasteiger charge is -2.25. The van der Waals surface area contributed by atoms with Gasteiger partial charge in [-0.05, 0) is 0 Å². The Kier molecular flexibility index (Phi) is 5.28. The Balaban J connectivity index is 6.64. The molecule has 0 aliphatic rings. The summed E-state index contributed by atoms with van der Waals surface area (Å²) in [5.74, 6) is 0. The van der Waals surface area contributed by atoms with Crippen LogP contribution in [-0.4, -0.2) is 71.5 Å². The van der Waals surface area contributed by atoms with E-state index in [4.69, 9.17) is 0 Å². The molecule has 0 N–H and O–H groups in total. The van der Waals surface area contributed by atoms with Gasteiger partial charge in [0.05, 0.1) is 0 Å². The van der Waals surface area contributed by atoms with Gasteiger partial charge in [0.2, 0.25) is 20.0 Å². The van der Waals surface area contributed by atoms with E-state index in [1.54, 1.807) is 0 Å². The SMILES string of the molecule is CN(C)S(=O)(=O)C(S(=O)(=O)N(C)C)S(=O)(=O)C(F)(F)F. The quantitative estimate of drug-likeness (QED) is 0.620. The molecule has 20 heavy (non-hydrogen) atoms. The molecule has 0 rings (SSSR count). The van der Waals surface area contributed by atoms with E-state index in [9.17, 15) is 38.4 Å². The molecule has 14 heteroatoms. The van der Waals surface area contributed by atoms with Crippen LogP contribution in [0.15, 0.2) is 0 Å². The summed E-state index contributed by atoms with van der Waals surface area (Å²) >= 11 is 0.